The van der Waals surface area contributed by atoms with E-state index in [9.17, 15) is 4.79 Å². The van der Waals surface area contributed by atoms with Gasteiger partial charge in [0.25, 0.3) is 0 Å². The molecule has 0 bridgehead atoms. The molecule has 2 aliphatic heterocycles. The third-order valence-corrected chi connectivity index (χ3v) is 6.17. The molecule has 0 spiro atoms. The summed E-state index contributed by atoms with van der Waals surface area (Å²) in [6, 6.07) is 8.19. The van der Waals surface area contributed by atoms with E-state index < -0.39 is 5.41 Å². The van der Waals surface area contributed by atoms with Gasteiger partial charge < -0.3 is 9.64 Å². The summed E-state index contributed by atoms with van der Waals surface area (Å²) < 4.78 is 5.50. The number of ether oxygens (including phenoxy) is 1. The fraction of sp³-hybridized carbons (Fsp3) is 0.588. The van der Waals surface area contributed by atoms with Crippen molar-refractivity contribution in [3.8, 4) is 0 Å². The van der Waals surface area contributed by atoms with Gasteiger partial charge in [-0.05, 0) is 38.3 Å². The lowest BCUT2D eigenvalue weighted by molar-refractivity contribution is -0.122. The van der Waals surface area contributed by atoms with Crippen molar-refractivity contribution in [1.82, 2.24) is 0 Å². The highest BCUT2D eigenvalue weighted by Crippen LogP contribution is 2.44. The number of alkyl halides is 1. The maximum absolute atomic E-state index is 12.9. The van der Waals surface area contributed by atoms with E-state index in [0.29, 0.717) is 0 Å². The van der Waals surface area contributed by atoms with Crippen molar-refractivity contribution in [2.24, 2.45) is 5.41 Å². The monoisotopic (exact) mass is 351 g/mol. The number of fused-ring (bicyclic) bond motifs is 1. The molecule has 0 atom stereocenters. The molecule has 3 rings (SSSR count). The van der Waals surface area contributed by atoms with Gasteiger partial charge in [0.05, 0.1) is 5.41 Å². The van der Waals surface area contributed by atoms with Crippen molar-refractivity contribution in [3.63, 3.8) is 0 Å². The Hall–Kier alpha value is -0.870. The quantitative estimate of drug-likeness (QED) is 0.780. The summed E-state index contributed by atoms with van der Waals surface area (Å²) in [5.74, 6) is 0.218. The van der Waals surface area contributed by atoms with E-state index in [1.54, 1.807) is 0 Å². The number of carbonyl (C=O) groups is 1. The van der Waals surface area contributed by atoms with Crippen molar-refractivity contribution >= 4 is 27.5 Å². The minimum atomic E-state index is -0.421. The average Bonchev–Trinajstić information content (AvgIpc) is 2.70. The molecule has 1 saturated heterocycles. The molecular formula is C17H22BrNO2. The molecule has 2 aliphatic rings. The van der Waals surface area contributed by atoms with Crippen molar-refractivity contribution in [3.05, 3.63) is 29.8 Å². The predicted octanol–water partition coefficient (Wildman–Crippen LogP) is 3.50. The van der Waals surface area contributed by atoms with E-state index in [4.69, 9.17) is 4.74 Å². The minimum absolute atomic E-state index is 0.126. The Kier molecular flexibility index (Phi) is 3.87. The Balaban J connectivity index is 1.94. The van der Waals surface area contributed by atoms with Crippen LogP contribution in [0.2, 0.25) is 0 Å². The van der Waals surface area contributed by atoms with E-state index in [2.05, 4.69) is 28.1 Å². The van der Waals surface area contributed by atoms with Gasteiger partial charge in [0.15, 0.2) is 0 Å². The smallest absolute Gasteiger partial charge is 0.237 e. The van der Waals surface area contributed by atoms with Crippen molar-refractivity contribution in [1.29, 1.82) is 0 Å². The van der Waals surface area contributed by atoms with E-state index in [1.807, 2.05) is 30.9 Å². The number of amides is 1. The lowest BCUT2D eigenvalue weighted by Gasteiger charge is -2.39. The van der Waals surface area contributed by atoms with Crippen LogP contribution in [0.1, 0.15) is 32.3 Å². The standard InChI is InChI=1S/C17H22BrNO2/c1-16(2)13-5-3-4-6-14(13)19(15(16)20)12-17(11-18)7-9-21-10-8-17/h3-6H,7-12H2,1-2H3. The number of halogens is 1. The molecule has 0 N–H and O–H groups in total. The van der Waals surface area contributed by atoms with Gasteiger partial charge in [-0.15, -0.1) is 0 Å². The number of nitrogens with zero attached hydrogens (tertiary/aromatic N) is 1. The SMILES string of the molecule is CC1(C)C(=O)N(CC2(CBr)CCOCC2)c2ccccc21. The largest absolute Gasteiger partial charge is 0.381 e. The fourth-order valence-electron chi connectivity index (χ4n) is 3.43. The van der Waals surface area contributed by atoms with Crippen LogP contribution in [-0.4, -0.2) is 31.0 Å². The summed E-state index contributed by atoms with van der Waals surface area (Å²) >= 11 is 3.67. The zero-order chi connectivity index (χ0) is 15.1. The first-order chi connectivity index (χ1) is 10.0. The Bertz CT molecular complexity index is 549. The van der Waals surface area contributed by atoms with Gasteiger partial charge in [-0.25, -0.2) is 0 Å². The molecule has 0 aliphatic carbocycles. The third kappa shape index (κ3) is 2.42. The molecule has 114 valence electrons. The number of carbonyl (C=O) groups excluding carboxylic acids is 1. The first-order valence-electron chi connectivity index (χ1n) is 7.55. The summed E-state index contributed by atoms with van der Waals surface area (Å²) in [6.07, 6.45) is 2.01. The Morgan fingerprint density at radius 2 is 1.90 bits per heavy atom. The van der Waals surface area contributed by atoms with Gasteiger partial charge >= 0.3 is 0 Å². The van der Waals surface area contributed by atoms with Crippen LogP contribution in [0.3, 0.4) is 0 Å². The third-order valence-electron chi connectivity index (χ3n) is 4.98. The first-order valence-corrected chi connectivity index (χ1v) is 8.68. The van der Waals surface area contributed by atoms with Crippen LogP contribution in [0, 0.1) is 5.41 Å². The highest BCUT2D eigenvalue weighted by Gasteiger charge is 2.46. The molecule has 0 radical (unpaired) electrons. The number of para-hydroxylation sites is 1. The van der Waals surface area contributed by atoms with Crippen LogP contribution in [0.25, 0.3) is 0 Å². The average molecular weight is 352 g/mol. The fourth-order valence-corrected chi connectivity index (χ4v) is 4.17. The van der Waals surface area contributed by atoms with Gasteiger partial charge in [0.1, 0.15) is 0 Å². The molecule has 0 unspecified atom stereocenters. The number of anilines is 1. The molecule has 0 saturated carbocycles. The molecule has 1 aromatic carbocycles. The lowest BCUT2D eigenvalue weighted by atomic mass is 9.81. The van der Waals surface area contributed by atoms with E-state index in [0.717, 1.165) is 49.2 Å². The second-order valence-corrected chi connectivity index (χ2v) is 7.34. The van der Waals surface area contributed by atoms with E-state index in [1.165, 1.54) is 0 Å². The molecule has 0 aromatic heterocycles. The molecule has 1 aromatic rings. The van der Waals surface area contributed by atoms with E-state index >= 15 is 0 Å². The zero-order valence-electron chi connectivity index (χ0n) is 12.7. The van der Waals surface area contributed by atoms with Crippen molar-refractivity contribution in [2.45, 2.75) is 32.1 Å². The maximum atomic E-state index is 12.9. The molecule has 1 amide bonds. The second-order valence-electron chi connectivity index (χ2n) is 6.78. The summed E-state index contributed by atoms with van der Waals surface area (Å²) in [4.78, 5) is 14.9. The summed E-state index contributed by atoms with van der Waals surface area (Å²) in [7, 11) is 0. The number of benzene rings is 1. The van der Waals surface area contributed by atoms with Crippen LogP contribution in [0.5, 0.6) is 0 Å². The summed E-state index contributed by atoms with van der Waals surface area (Å²) in [6.45, 7) is 6.41. The van der Waals surface area contributed by atoms with Gasteiger partial charge in [-0.3, -0.25) is 4.79 Å². The maximum Gasteiger partial charge on any atom is 0.237 e. The van der Waals surface area contributed by atoms with Gasteiger partial charge in [-0.1, -0.05) is 34.1 Å². The highest BCUT2D eigenvalue weighted by atomic mass is 79.9. The second kappa shape index (κ2) is 5.40. The minimum Gasteiger partial charge on any atom is -0.381 e. The topological polar surface area (TPSA) is 29.5 Å². The Morgan fingerprint density at radius 1 is 1.24 bits per heavy atom. The predicted molar refractivity (Wildman–Crippen MR) is 88.1 cm³/mol. The lowest BCUT2D eigenvalue weighted by Crippen LogP contribution is -2.46. The summed E-state index contributed by atoms with van der Waals surface area (Å²) in [5, 5.41) is 0.912. The number of rotatable bonds is 3. The number of hydrogen-bond donors (Lipinski definition) is 0. The van der Waals surface area contributed by atoms with Crippen molar-refractivity contribution < 1.29 is 9.53 Å². The molecular weight excluding hydrogens is 330 g/mol. The van der Waals surface area contributed by atoms with Gasteiger partial charge in [-0.2, -0.15) is 0 Å². The Labute approximate surface area is 134 Å². The van der Waals surface area contributed by atoms with Gasteiger partial charge in [0, 0.05) is 36.2 Å². The number of hydrogen-bond acceptors (Lipinski definition) is 2. The van der Waals surface area contributed by atoms with Crippen LogP contribution in [0.4, 0.5) is 5.69 Å². The molecule has 21 heavy (non-hydrogen) atoms. The summed E-state index contributed by atoms with van der Waals surface area (Å²) in [5.41, 5.74) is 1.93. The van der Waals surface area contributed by atoms with Crippen molar-refractivity contribution in [2.75, 3.05) is 30.0 Å². The highest BCUT2D eigenvalue weighted by molar-refractivity contribution is 9.09. The normalized spacial score (nSPS) is 23.2. The van der Waals surface area contributed by atoms with Crippen LogP contribution < -0.4 is 4.90 Å². The molecule has 3 nitrogen and oxygen atoms in total. The van der Waals surface area contributed by atoms with Gasteiger partial charge in [0.2, 0.25) is 5.91 Å². The molecule has 4 heteroatoms. The zero-order valence-corrected chi connectivity index (χ0v) is 14.3. The van der Waals surface area contributed by atoms with Crippen LogP contribution >= 0.6 is 15.9 Å². The van der Waals surface area contributed by atoms with Crippen LogP contribution in [-0.2, 0) is 14.9 Å². The molecule has 1 fully saturated rings. The van der Waals surface area contributed by atoms with E-state index in [-0.39, 0.29) is 11.3 Å². The molecule has 2 heterocycles. The first kappa shape index (κ1) is 15.0. The Morgan fingerprint density at radius 3 is 2.57 bits per heavy atom. The van der Waals surface area contributed by atoms with Crippen LogP contribution in [0.15, 0.2) is 24.3 Å².